The second-order valence-electron chi connectivity index (χ2n) is 5.44. The first kappa shape index (κ1) is 13.8. The third-order valence-corrected chi connectivity index (χ3v) is 3.69. The number of rotatable bonds is 5. The molecule has 2 aromatic rings. The average molecular weight is 286 g/mol. The molecule has 0 bridgehead atoms. The number of hydrogen-bond donors (Lipinski definition) is 1. The molecule has 0 amide bonds. The number of nitrogens with one attached hydrogen (secondary N) is 1. The van der Waals surface area contributed by atoms with Crippen molar-refractivity contribution in [2.75, 3.05) is 24.3 Å². The molecule has 0 aliphatic heterocycles. The van der Waals surface area contributed by atoms with Crippen LogP contribution in [0, 0.1) is 5.82 Å². The van der Waals surface area contributed by atoms with Gasteiger partial charge in [0.05, 0.1) is 0 Å². The standard InChI is InChI=1S/C16H19FN4/c1-18-14-9-15(20-16(19-14)11-7-8-11)21(2)10-12-5-3-4-6-13(12)17/h3-6,9,11H,7-8,10H2,1-2H3,(H,18,19,20). The van der Waals surface area contributed by atoms with Gasteiger partial charge in [0.1, 0.15) is 23.3 Å². The van der Waals surface area contributed by atoms with Crippen LogP contribution in [-0.4, -0.2) is 24.1 Å². The molecule has 1 aliphatic carbocycles. The van der Waals surface area contributed by atoms with Crippen LogP contribution in [0.4, 0.5) is 16.0 Å². The Bertz CT molecular complexity index is 640. The summed E-state index contributed by atoms with van der Waals surface area (Å²) in [5, 5.41) is 3.07. The predicted octanol–water partition coefficient (Wildman–Crippen LogP) is 3.17. The average Bonchev–Trinajstić information content (AvgIpc) is 3.34. The number of halogens is 1. The molecular formula is C16H19FN4. The van der Waals surface area contributed by atoms with Gasteiger partial charge < -0.3 is 10.2 Å². The molecule has 1 saturated carbocycles. The Labute approximate surface area is 124 Å². The highest BCUT2D eigenvalue weighted by Crippen LogP contribution is 2.39. The maximum Gasteiger partial charge on any atom is 0.136 e. The van der Waals surface area contributed by atoms with Crippen molar-refractivity contribution in [3.05, 3.63) is 47.5 Å². The highest BCUT2D eigenvalue weighted by Gasteiger charge is 2.27. The Kier molecular flexibility index (Phi) is 3.73. The van der Waals surface area contributed by atoms with Gasteiger partial charge in [0.2, 0.25) is 0 Å². The molecule has 0 saturated heterocycles. The highest BCUT2D eigenvalue weighted by molar-refractivity contribution is 5.49. The normalized spacial score (nSPS) is 14.0. The van der Waals surface area contributed by atoms with Gasteiger partial charge in [-0.15, -0.1) is 0 Å². The number of nitrogens with zero attached hydrogens (tertiary/aromatic N) is 3. The van der Waals surface area contributed by atoms with Crippen LogP contribution in [0.2, 0.25) is 0 Å². The van der Waals surface area contributed by atoms with Gasteiger partial charge in [-0.2, -0.15) is 0 Å². The van der Waals surface area contributed by atoms with Crippen LogP contribution in [0.3, 0.4) is 0 Å². The van der Waals surface area contributed by atoms with E-state index in [9.17, 15) is 4.39 Å². The predicted molar refractivity (Wildman–Crippen MR) is 82.1 cm³/mol. The van der Waals surface area contributed by atoms with Gasteiger partial charge >= 0.3 is 0 Å². The van der Waals surface area contributed by atoms with Crippen molar-refractivity contribution in [2.24, 2.45) is 0 Å². The number of benzene rings is 1. The minimum absolute atomic E-state index is 0.185. The van der Waals surface area contributed by atoms with E-state index in [4.69, 9.17) is 0 Å². The van der Waals surface area contributed by atoms with E-state index in [2.05, 4.69) is 15.3 Å². The quantitative estimate of drug-likeness (QED) is 0.916. The Hall–Kier alpha value is -2.17. The van der Waals surface area contributed by atoms with E-state index in [-0.39, 0.29) is 5.82 Å². The van der Waals surface area contributed by atoms with Crippen molar-refractivity contribution in [3.8, 4) is 0 Å². The molecule has 1 aromatic carbocycles. The van der Waals surface area contributed by atoms with Crippen molar-refractivity contribution in [1.29, 1.82) is 0 Å². The fourth-order valence-electron chi connectivity index (χ4n) is 2.26. The maximum atomic E-state index is 13.8. The molecule has 1 N–H and O–H groups in total. The molecule has 1 aromatic heterocycles. The largest absolute Gasteiger partial charge is 0.373 e. The Balaban J connectivity index is 1.85. The fraction of sp³-hybridized carbons (Fsp3) is 0.375. The molecule has 1 aliphatic rings. The molecule has 3 rings (SSSR count). The monoisotopic (exact) mass is 286 g/mol. The van der Waals surface area contributed by atoms with Crippen LogP contribution in [-0.2, 0) is 6.54 Å². The van der Waals surface area contributed by atoms with Crippen molar-refractivity contribution >= 4 is 11.6 Å². The molecule has 0 spiro atoms. The summed E-state index contributed by atoms with van der Waals surface area (Å²) in [5.41, 5.74) is 0.664. The lowest BCUT2D eigenvalue weighted by molar-refractivity contribution is 0.607. The van der Waals surface area contributed by atoms with E-state index in [1.807, 2.05) is 31.1 Å². The SMILES string of the molecule is CNc1cc(N(C)Cc2ccccc2F)nc(C2CC2)n1. The molecule has 21 heavy (non-hydrogen) atoms. The highest BCUT2D eigenvalue weighted by atomic mass is 19.1. The van der Waals surface area contributed by atoms with Crippen molar-refractivity contribution in [2.45, 2.75) is 25.3 Å². The Morgan fingerprint density at radius 3 is 2.71 bits per heavy atom. The molecule has 0 radical (unpaired) electrons. The number of hydrogen-bond acceptors (Lipinski definition) is 4. The van der Waals surface area contributed by atoms with Gasteiger partial charge in [0.15, 0.2) is 0 Å². The second kappa shape index (κ2) is 5.68. The zero-order valence-electron chi connectivity index (χ0n) is 12.3. The minimum Gasteiger partial charge on any atom is -0.373 e. The summed E-state index contributed by atoms with van der Waals surface area (Å²) in [6.45, 7) is 0.483. The molecule has 0 atom stereocenters. The van der Waals surface area contributed by atoms with Gasteiger partial charge in [0, 0.05) is 38.2 Å². The topological polar surface area (TPSA) is 41.0 Å². The number of aromatic nitrogens is 2. The first-order valence-corrected chi connectivity index (χ1v) is 7.18. The van der Waals surface area contributed by atoms with E-state index < -0.39 is 0 Å². The summed E-state index contributed by atoms with van der Waals surface area (Å²) in [4.78, 5) is 11.1. The minimum atomic E-state index is -0.185. The molecule has 0 unspecified atom stereocenters. The molecule has 4 nitrogen and oxygen atoms in total. The third kappa shape index (κ3) is 3.12. The fourth-order valence-corrected chi connectivity index (χ4v) is 2.26. The lowest BCUT2D eigenvalue weighted by Gasteiger charge is -2.20. The van der Waals surface area contributed by atoms with E-state index in [1.165, 1.54) is 6.07 Å². The summed E-state index contributed by atoms with van der Waals surface area (Å²) in [6.07, 6.45) is 2.31. The van der Waals surface area contributed by atoms with Gasteiger partial charge in [-0.25, -0.2) is 14.4 Å². The smallest absolute Gasteiger partial charge is 0.136 e. The van der Waals surface area contributed by atoms with E-state index in [0.29, 0.717) is 18.0 Å². The summed E-state index contributed by atoms with van der Waals surface area (Å²) in [6, 6.07) is 8.73. The molecular weight excluding hydrogens is 267 g/mol. The first-order chi connectivity index (χ1) is 10.2. The van der Waals surface area contributed by atoms with Gasteiger partial charge in [-0.05, 0) is 18.9 Å². The molecule has 1 heterocycles. The second-order valence-corrected chi connectivity index (χ2v) is 5.44. The summed E-state index contributed by atoms with van der Waals surface area (Å²) in [5.74, 6) is 2.81. The van der Waals surface area contributed by atoms with Crippen LogP contribution in [0.5, 0.6) is 0 Å². The lowest BCUT2D eigenvalue weighted by Crippen LogP contribution is -2.19. The van der Waals surface area contributed by atoms with Crippen LogP contribution in [0.25, 0.3) is 0 Å². The Morgan fingerprint density at radius 1 is 1.29 bits per heavy atom. The molecule has 1 fully saturated rings. The Morgan fingerprint density at radius 2 is 2.05 bits per heavy atom. The van der Waals surface area contributed by atoms with E-state index >= 15 is 0 Å². The summed E-state index contributed by atoms with van der Waals surface area (Å²) in [7, 11) is 3.77. The van der Waals surface area contributed by atoms with Crippen molar-refractivity contribution < 1.29 is 4.39 Å². The summed E-state index contributed by atoms with van der Waals surface area (Å²) < 4.78 is 13.8. The third-order valence-electron chi connectivity index (χ3n) is 3.69. The van der Waals surface area contributed by atoms with Gasteiger partial charge in [-0.1, -0.05) is 18.2 Å². The van der Waals surface area contributed by atoms with Crippen LogP contribution in [0.15, 0.2) is 30.3 Å². The van der Waals surface area contributed by atoms with E-state index in [1.54, 1.807) is 12.1 Å². The van der Waals surface area contributed by atoms with Crippen LogP contribution < -0.4 is 10.2 Å². The van der Waals surface area contributed by atoms with Crippen molar-refractivity contribution in [3.63, 3.8) is 0 Å². The van der Waals surface area contributed by atoms with Gasteiger partial charge in [-0.3, -0.25) is 0 Å². The van der Waals surface area contributed by atoms with E-state index in [0.717, 1.165) is 30.3 Å². The summed E-state index contributed by atoms with van der Waals surface area (Å²) >= 11 is 0. The molecule has 5 heteroatoms. The lowest BCUT2D eigenvalue weighted by atomic mass is 10.2. The number of anilines is 2. The zero-order valence-corrected chi connectivity index (χ0v) is 12.3. The first-order valence-electron chi connectivity index (χ1n) is 7.18. The maximum absolute atomic E-state index is 13.8. The van der Waals surface area contributed by atoms with Crippen LogP contribution >= 0.6 is 0 Å². The molecule has 110 valence electrons. The van der Waals surface area contributed by atoms with Crippen LogP contribution in [0.1, 0.15) is 30.1 Å². The van der Waals surface area contributed by atoms with Crippen molar-refractivity contribution in [1.82, 2.24) is 9.97 Å². The zero-order chi connectivity index (χ0) is 14.8. The van der Waals surface area contributed by atoms with Gasteiger partial charge in [0.25, 0.3) is 0 Å².